The van der Waals surface area contributed by atoms with Crippen LogP contribution in [0.3, 0.4) is 0 Å². The molecule has 2 rings (SSSR count). The van der Waals surface area contributed by atoms with Crippen LogP contribution in [0.5, 0.6) is 5.75 Å². The van der Waals surface area contributed by atoms with Crippen LogP contribution in [-0.4, -0.2) is 17.5 Å². The van der Waals surface area contributed by atoms with Crippen molar-refractivity contribution in [2.24, 2.45) is 0 Å². The summed E-state index contributed by atoms with van der Waals surface area (Å²) in [5.41, 5.74) is 3.86. The number of ketones is 1. The summed E-state index contributed by atoms with van der Waals surface area (Å²) in [7, 11) is 1.65. The van der Waals surface area contributed by atoms with Crippen molar-refractivity contribution in [1.82, 2.24) is 4.57 Å². The SMILES string of the molecule is COc1ccc(-n2c(C)cc(C(C)=O)c2C)cc1. The van der Waals surface area contributed by atoms with Gasteiger partial charge in [0.1, 0.15) is 5.75 Å². The quantitative estimate of drug-likeness (QED) is 0.774. The molecular weight excluding hydrogens is 226 g/mol. The van der Waals surface area contributed by atoms with Gasteiger partial charge in [-0.05, 0) is 51.1 Å². The average molecular weight is 243 g/mol. The molecule has 0 spiro atoms. The molecule has 94 valence electrons. The maximum atomic E-state index is 11.5. The van der Waals surface area contributed by atoms with Crippen molar-refractivity contribution in [3.63, 3.8) is 0 Å². The zero-order chi connectivity index (χ0) is 13.3. The number of aromatic nitrogens is 1. The number of carbonyl (C=O) groups is 1. The summed E-state index contributed by atoms with van der Waals surface area (Å²) in [5.74, 6) is 0.927. The van der Waals surface area contributed by atoms with Crippen LogP contribution in [-0.2, 0) is 0 Å². The van der Waals surface area contributed by atoms with E-state index in [1.54, 1.807) is 14.0 Å². The van der Waals surface area contributed by atoms with Gasteiger partial charge in [0.25, 0.3) is 0 Å². The first-order chi connectivity index (χ1) is 8.54. The van der Waals surface area contributed by atoms with E-state index >= 15 is 0 Å². The summed E-state index contributed by atoms with van der Waals surface area (Å²) in [5, 5.41) is 0. The van der Waals surface area contributed by atoms with Gasteiger partial charge in [-0.2, -0.15) is 0 Å². The Morgan fingerprint density at radius 2 is 1.78 bits per heavy atom. The second kappa shape index (κ2) is 4.69. The molecule has 1 heterocycles. The maximum absolute atomic E-state index is 11.5. The van der Waals surface area contributed by atoms with Gasteiger partial charge < -0.3 is 9.30 Å². The predicted molar refractivity (Wildman–Crippen MR) is 71.8 cm³/mol. The molecule has 0 amide bonds. The van der Waals surface area contributed by atoms with Gasteiger partial charge in [-0.1, -0.05) is 0 Å². The summed E-state index contributed by atoms with van der Waals surface area (Å²) in [4.78, 5) is 11.5. The van der Waals surface area contributed by atoms with Crippen molar-refractivity contribution in [3.05, 3.63) is 47.3 Å². The first-order valence-corrected chi connectivity index (χ1v) is 5.89. The van der Waals surface area contributed by atoms with E-state index < -0.39 is 0 Å². The van der Waals surface area contributed by atoms with Gasteiger partial charge in [0.2, 0.25) is 0 Å². The second-order valence-corrected chi connectivity index (χ2v) is 4.37. The Kier molecular flexibility index (Phi) is 3.24. The fourth-order valence-corrected chi connectivity index (χ4v) is 2.25. The van der Waals surface area contributed by atoms with Gasteiger partial charge in [0, 0.05) is 22.6 Å². The zero-order valence-electron chi connectivity index (χ0n) is 11.2. The molecule has 0 aliphatic carbocycles. The Morgan fingerprint density at radius 3 is 2.22 bits per heavy atom. The molecule has 0 aliphatic rings. The minimum Gasteiger partial charge on any atom is -0.497 e. The number of rotatable bonds is 3. The van der Waals surface area contributed by atoms with Crippen LogP contribution < -0.4 is 4.74 Å². The number of hydrogen-bond donors (Lipinski definition) is 0. The third-order valence-electron chi connectivity index (χ3n) is 3.14. The molecule has 1 aromatic heterocycles. The number of aryl methyl sites for hydroxylation is 1. The summed E-state index contributed by atoms with van der Waals surface area (Å²) < 4.78 is 7.23. The summed E-state index contributed by atoms with van der Waals surface area (Å²) in [6.07, 6.45) is 0. The molecular formula is C15H17NO2. The highest BCUT2D eigenvalue weighted by molar-refractivity contribution is 5.95. The highest BCUT2D eigenvalue weighted by atomic mass is 16.5. The summed E-state index contributed by atoms with van der Waals surface area (Å²) in [6, 6.07) is 9.75. The number of ether oxygens (including phenoxy) is 1. The van der Waals surface area contributed by atoms with Crippen LogP contribution in [0.1, 0.15) is 28.7 Å². The van der Waals surface area contributed by atoms with Crippen molar-refractivity contribution in [2.45, 2.75) is 20.8 Å². The van der Waals surface area contributed by atoms with Crippen LogP contribution in [0.15, 0.2) is 30.3 Å². The molecule has 18 heavy (non-hydrogen) atoms. The molecule has 0 saturated carbocycles. The maximum Gasteiger partial charge on any atom is 0.161 e. The van der Waals surface area contributed by atoms with Crippen LogP contribution in [0.4, 0.5) is 0 Å². The van der Waals surface area contributed by atoms with Gasteiger partial charge in [-0.3, -0.25) is 4.79 Å². The first-order valence-electron chi connectivity index (χ1n) is 5.89. The molecule has 0 atom stereocenters. The van der Waals surface area contributed by atoms with E-state index in [1.807, 2.05) is 44.2 Å². The molecule has 0 bridgehead atoms. The molecule has 0 N–H and O–H groups in total. The van der Waals surface area contributed by atoms with Crippen LogP contribution in [0.2, 0.25) is 0 Å². The third kappa shape index (κ3) is 2.04. The van der Waals surface area contributed by atoms with Crippen molar-refractivity contribution in [1.29, 1.82) is 0 Å². The van der Waals surface area contributed by atoms with Crippen LogP contribution in [0.25, 0.3) is 5.69 Å². The van der Waals surface area contributed by atoms with E-state index in [-0.39, 0.29) is 5.78 Å². The van der Waals surface area contributed by atoms with Crippen LogP contribution in [0, 0.1) is 13.8 Å². The van der Waals surface area contributed by atoms with Gasteiger partial charge in [-0.15, -0.1) is 0 Å². The number of hydrogen-bond acceptors (Lipinski definition) is 2. The predicted octanol–water partition coefficient (Wildman–Crippen LogP) is 3.31. The van der Waals surface area contributed by atoms with Crippen LogP contribution >= 0.6 is 0 Å². The number of Topliss-reactive ketones (excluding diaryl/α,β-unsaturated/α-hetero) is 1. The fraction of sp³-hybridized carbons (Fsp3) is 0.267. The number of nitrogens with zero attached hydrogens (tertiary/aromatic N) is 1. The van der Waals surface area contributed by atoms with Crippen molar-refractivity contribution >= 4 is 5.78 Å². The van der Waals surface area contributed by atoms with E-state index in [1.165, 1.54) is 0 Å². The van der Waals surface area contributed by atoms with Crippen molar-refractivity contribution in [2.75, 3.05) is 7.11 Å². The molecule has 3 nitrogen and oxygen atoms in total. The molecule has 0 unspecified atom stereocenters. The zero-order valence-corrected chi connectivity index (χ0v) is 11.2. The fourth-order valence-electron chi connectivity index (χ4n) is 2.25. The smallest absolute Gasteiger partial charge is 0.161 e. The van der Waals surface area contributed by atoms with E-state index in [9.17, 15) is 4.79 Å². The lowest BCUT2D eigenvalue weighted by Gasteiger charge is -2.10. The molecule has 1 aromatic carbocycles. The lowest BCUT2D eigenvalue weighted by molar-refractivity contribution is 0.101. The van der Waals surface area contributed by atoms with E-state index in [4.69, 9.17) is 4.74 Å². The number of carbonyl (C=O) groups excluding carboxylic acids is 1. The molecule has 2 aromatic rings. The Balaban J connectivity index is 2.53. The highest BCUT2D eigenvalue weighted by Gasteiger charge is 2.13. The summed E-state index contributed by atoms with van der Waals surface area (Å²) >= 11 is 0. The third-order valence-corrected chi connectivity index (χ3v) is 3.14. The monoisotopic (exact) mass is 243 g/mol. The number of methoxy groups -OCH3 is 1. The Labute approximate surface area is 107 Å². The van der Waals surface area contributed by atoms with Crippen molar-refractivity contribution < 1.29 is 9.53 Å². The van der Waals surface area contributed by atoms with E-state index in [0.29, 0.717) is 0 Å². The second-order valence-electron chi connectivity index (χ2n) is 4.37. The van der Waals surface area contributed by atoms with Crippen molar-refractivity contribution in [3.8, 4) is 11.4 Å². The average Bonchev–Trinajstić information content (AvgIpc) is 2.65. The molecule has 0 fully saturated rings. The topological polar surface area (TPSA) is 31.2 Å². The molecule has 3 heteroatoms. The van der Waals surface area contributed by atoms with Gasteiger partial charge in [0.05, 0.1) is 7.11 Å². The van der Waals surface area contributed by atoms with E-state index in [0.717, 1.165) is 28.4 Å². The Bertz CT molecular complexity index is 579. The summed E-state index contributed by atoms with van der Waals surface area (Å²) in [6.45, 7) is 5.57. The largest absolute Gasteiger partial charge is 0.497 e. The normalized spacial score (nSPS) is 10.4. The Morgan fingerprint density at radius 1 is 1.17 bits per heavy atom. The minimum absolute atomic E-state index is 0.0999. The van der Waals surface area contributed by atoms with E-state index in [2.05, 4.69) is 4.57 Å². The first kappa shape index (κ1) is 12.4. The molecule has 0 aliphatic heterocycles. The molecule has 0 saturated heterocycles. The highest BCUT2D eigenvalue weighted by Crippen LogP contribution is 2.22. The minimum atomic E-state index is 0.0999. The van der Waals surface area contributed by atoms with Gasteiger partial charge in [-0.25, -0.2) is 0 Å². The lowest BCUT2D eigenvalue weighted by Crippen LogP contribution is -2.01. The lowest BCUT2D eigenvalue weighted by atomic mass is 10.2. The number of benzene rings is 1. The Hall–Kier alpha value is -2.03. The van der Waals surface area contributed by atoms with Gasteiger partial charge >= 0.3 is 0 Å². The van der Waals surface area contributed by atoms with Gasteiger partial charge in [0.15, 0.2) is 5.78 Å². The standard InChI is InChI=1S/C15H17NO2/c1-10-9-15(12(3)17)11(2)16(10)13-5-7-14(18-4)8-6-13/h5-9H,1-4H3. The molecule has 0 radical (unpaired) electrons.